The zero-order valence-electron chi connectivity index (χ0n) is 19.9. The summed E-state index contributed by atoms with van der Waals surface area (Å²) in [6.07, 6.45) is 1.78. The highest BCUT2D eigenvalue weighted by Crippen LogP contribution is 2.27. The molecule has 0 aliphatic carbocycles. The van der Waals surface area contributed by atoms with Gasteiger partial charge in [0.1, 0.15) is 0 Å². The van der Waals surface area contributed by atoms with Gasteiger partial charge in [-0.2, -0.15) is 0 Å². The molecule has 1 aliphatic heterocycles. The minimum Gasteiger partial charge on any atom is -0.379 e. The number of rotatable bonds is 6. The first kappa shape index (κ1) is 23.4. The van der Waals surface area contributed by atoms with Gasteiger partial charge in [0.05, 0.1) is 18.3 Å². The van der Waals surface area contributed by atoms with Crippen molar-refractivity contribution in [2.75, 3.05) is 39.0 Å². The average molecular weight is 458 g/mol. The molecule has 176 valence electrons. The third-order valence-electron chi connectivity index (χ3n) is 6.37. The van der Waals surface area contributed by atoms with Gasteiger partial charge in [0.15, 0.2) is 0 Å². The van der Waals surface area contributed by atoms with Crippen LogP contribution in [-0.2, 0) is 6.54 Å². The second kappa shape index (κ2) is 10.5. The number of pyridine rings is 1. The van der Waals surface area contributed by atoms with E-state index < -0.39 is 0 Å². The Morgan fingerprint density at radius 2 is 1.88 bits per heavy atom. The second-order valence-corrected chi connectivity index (χ2v) is 8.66. The minimum absolute atomic E-state index is 0.0152. The van der Waals surface area contributed by atoms with Crippen molar-refractivity contribution in [2.24, 2.45) is 0 Å². The highest BCUT2D eigenvalue weighted by molar-refractivity contribution is 5.96. The Morgan fingerprint density at radius 1 is 1.03 bits per heavy atom. The first-order valence-corrected chi connectivity index (χ1v) is 11.5. The van der Waals surface area contributed by atoms with Crippen LogP contribution in [0.25, 0.3) is 0 Å². The summed E-state index contributed by atoms with van der Waals surface area (Å²) in [7, 11) is 3.69. The Labute approximate surface area is 200 Å². The van der Waals surface area contributed by atoms with Crippen molar-refractivity contribution in [1.29, 1.82) is 0 Å². The van der Waals surface area contributed by atoms with Gasteiger partial charge in [0.2, 0.25) is 0 Å². The molecule has 34 heavy (non-hydrogen) atoms. The molecular formula is C27H31N5O2. The van der Waals surface area contributed by atoms with Gasteiger partial charge in [-0.3, -0.25) is 19.5 Å². The number of hydrogen-bond acceptors (Lipinski definition) is 5. The maximum atomic E-state index is 13.4. The van der Waals surface area contributed by atoms with Crippen LogP contribution in [0, 0.1) is 6.92 Å². The molecule has 0 radical (unpaired) electrons. The number of nitrogens with zero attached hydrogens (tertiary/aromatic N) is 3. The largest absolute Gasteiger partial charge is 0.379 e. The van der Waals surface area contributed by atoms with Crippen molar-refractivity contribution in [3.63, 3.8) is 0 Å². The third kappa shape index (κ3) is 5.26. The van der Waals surface area contributed by atoms with Crippen LogP contribution in [0.4, 0.5) is 5.69 Å². The number of anilines is 1. The monoisotopic (exact) mass is 457 g/mol. The molecule has 2 aromatic carbocycles. The molecule has 1 aromatic heterocycles. The second-order valence-electron chi connectivity index (χ2n) is 8.66. The van der Waals surface area contributed by atoms with Crippen LogP contribution >= 0.6 is 0 Å². The summed E-state index contributed by atoms with van der Waals surface area (Å²) >= 11 is 0. The molecule has 0 spiro atoms. The summed E-state index contributed by atoms with van der Waals surface area (Å²) in [4.78, 5) is 34.0. The van der Waals surface area contributed by atoms with Gasteiger partial charge in [-0.25, -0.2) is 0 Å². The summed E-state index contributed by atoms with van der Waals surface area (Å²) in [6, 6.07) is 19.3. The molecule has 2 heterocycles. The molecule has 1 atom stereocenters. The lowest BCUT2D eigenvalue weighted by atomic mass is 9.99. The van der Waals surface area contributed by atoms with Gasteiger partial charge >= 0.3 is 0 Å². The van der Waals surface area contributed by atoms with Crippen LogP contribution in [-0.4, -0.2) is 60.3 Å². The Kier molecular flexibility index (Phi) is 7.23. The quantitative estimate of drug-likeness (QED) is 0.593. The number of piperazine rings is 1. The van der Waals surface area contributed by atoms with Crippen LogP contribution in [0.2, 0.25) is 0 Å². The van der Waals surface area contributed by atoms with Crippen LogP contribution < -0.4 is 10.6 Å². The number of likely N-dealkylation sites (N-methyl/N-ethyl adjacent to an activating group) is 1. The highest BCUT2D eigenvalue weighted by Gasteiger charge is 2.29. The number of hydrogen-bond donors (Lipinski definition) is 2. The normalized spacial score (nSPS) is 16.2. The summed E-state index contributed by atoms with van der Waals surface area (Å²) in [5.74, 6) is -0.0972. The average Bonchev–Trinajstić information content (AvgIpc) is 2.88. The highest BCUT2D eigenvalue weighted by atomic mass is 16.2. The molecule has 1 saturated heterocycles. The summed E-state index contributed by atoms with van der Waals surface area (Å²) in [5.41, 5.74) is 5.27. The fourth-order valence-electron chi connectivity index (χ4n) is 4.27. The van der Waals surface area contributed by atoms with Crippen LogP contribution in [0.1, 0.15) is 43.6 Å². The van der Waals surface area contributed by atoms with E-state index in [1.807, 2.05) is 66.4 Å². The maximum Gasteiger partial charge on any atom is 0.254 e. The van der Waals surface area contributed by atoms with Crippen LogP contribution in [0.15, 0.2) is 66.9 Å². The Morgan fingerprint density at radius 3 is 2.65 bits per heavy atom. The molecule has 0 unspecified atom stereocenters. The van der Waals surface area contributed by atoms with Crippen LogP contribution in [0.5, 0.6) is 0 Å². The van der Waals surface area contributed by atoms with Crippen molar-refractivity contribution in [3.05, 3.63) is 94.8 Å². The summed E-state index contributed by atoms with van der Waals surface area (Å²) < 4.78 is 0. The molecule has 1 aliphatic rings. The van der Waals surface area contributed by atoms with Gasteiger partial charge in [-0.1, -0.05) is 24.3 Å². The van der Waals surface area contributed by atoms with Gasteiger partial charge < -0.3 is 15.5 Å². The summed E-state index contributed by atoms with van der Waals surface area (Å²) in [5, 5.41) is 6.09. The van der Waals surface area contributed by atoms with Crippen molar-refractivity contribution < 1.29 is 9.59 Å². The van der Waals surface area contributed by atoms with E-state index in [1.165, 1.54) is 0 Å². The standard InChI is InChI=1S/C27H31N5O2/c1-19-10-11-22(16-24(19)30-17-23-9-4-5-12-29-23)27(34)32-14-13-31(3)25(18-32)20-7-6-8-21(15-20)26(33)28-2/h4-12,15-16,25,30H,13-14,17-18H2,1-3H3,(H,28,33)/t25-/m1/s1. The Bertz CT molecular complexity index is 1160. The lowest BCUT2D eigenvalue weighted by molar-refractivity contribution is 0.0545. The molecular weight excluding hydrogens is 426 g/mol. The van der Waals surface area contributed by atoms with E-state index >= 15 is 0 Å². The van der Waals surface area contributed by atoms with Gasteiger partial charge in [0.25, 0.3) is 11.8 Å². The minimum atomic E-state index is -0.112. The fraction of sp³-hybridized carbons (Fsp3) is 0.296. The molecule has 2 N–H and O–H groups in total. The molecule has 1 fully saturated rings. The van der Waals surface area contributed by atoms with Crippen molar-refractivity contribution in [3.8, 4) is 0 Å². The van der Waals surface area contributed by atoms with E-state index in [4.69, 9.17) is 0 Å². The number of carbonyl (C=O) groups is 2. The van der Waals surface area contributed by atoms with E-state index in [-0.39, 0.29) is 17.9 Å². The number of amides is 2. The number of aromatic nitrogens is 1. The topological polar surface area (TPSA) is 77.6 Å². The number of benzene rings is 2. The van der Waals surface area contributed by atoms with Gasteiger partial charge in [0, 0.05) is 49.7 Å². The molecule has 2 amide bonds. The third-order valence-corrected chi connectivity index (χ3v) is 6.37. The summed E-state index contributed by atoms with van der Waals surface area (Å²) in [6.45, 7) is 4.61. The molecule has 7 heteroatoms. The maximum absolute atomic E-state index is 13.4. The lowest BCUT2D eigenvalue weighted by Gasteiger charge is -2.40. The zero-order valence-corrected chi connectivity index (χ0v) is 19.9. The SMILES string of the molecule is CNC(=O)c1cccc([C@H]2CN(C(=O)c3ccc(C)c(NCc4ccccn4)c3)CCN2C)c1. The van der Waals surface area contributed by atoms with E-state index in [2.05, 4.69) is 27.6 Å². The van der Waals surface area contributed by atoms with E-state index in [9.17, 15) is 9.59 Å². The van der Waals surface area contributed by atoms with Gasteiger partial charge in [-0.15, -0.1) is 0 Å². The first-order valence-electron chi connectivity index (χ1n) is 11.5. The predicted octanol–water partition coefficient (Wildman–Crippen LogP) is 3.49. The molecule has 0 saturated carbocycles. The van der Waals surface area contributed by atoms with Crippen molar-refractivity contribution in [1.82, 2.24) is 20.1 Å². The zero-order chi connectivity index (χ0) is 24.1. The molecule has 0 bridgehead atoms. The number of nitrogens with one attached hydrogen (secondary N) is 2. The predicted molar refractivity (Wildman–Crippen MR) is 134 cm³/mol. The van der Waals surface area contributed by atoms with Gasteiger partial charge in [-0.05, 0) is 61.5 Å². The molecule has 3 aromatic rings. The van der Waals surface area contributed by atoms with Crippen molar-refractivity contribution >= 4 is 17.5 Å². The smallest absolute Gasteiger partial charge is 0.254 e. The Hall–Kier alpha value is -3.71. The van der Waals surface area contributed by atoms with E-state index in [0.717, 1.165) is 29.1 Å². The number of aryl methyl sites for hydroxylation is 1. The fourth-order valence-corrected chi connectivity index (χ4v) is 4.27. The number of carbonyl (C=O) groups excluding carboxylic acids is 2. The lowest BCUT2D eigenvalue weighted by Crippen LogP contribution is -2.49. The molecule has 7 nitrogen and oxygen atoms in total. The first-order chi connectivity index (χ1) is 16.5. The van der Waals surface area contributed by atoms with Crippen molar-refractivity contribution in [2.45, 2.75) is 19.5 Å². The van der Waals surface area contributed by atoms with Crippen LogP contribution in [0.3, 0.4) is 0 Å². The Balaban J connectivity index is 1.50. The van der Waals surface area contributed by atoms with E-state index in [0.29, 0.717) is 30.8 Å². The molecule has 4 rings (SSSR count). The van der Waals surface area contributed by atoms with E-state index in [1.54, 1.807) is 19.3 Å².